The van der Waals surface area contributed by atoms with Crippen LogP contribution < -0.4 is 11.1 Å². The van der Waals surface area contributed by atoms with Gasteiger partial charge in [0.1, 0.15) is 11.4 Å². The fourth-order valence-electron chi connectivity index (χ4n) is 1.84. The van der Waals surface area contributed by atoms with Gasteiger partial charge in [-0.3, -0.25) is 0 Å². The van der Waals surface area contributed by atoms with Gasteiger partial charge in [-0.05, 0) is 12.8 Å². The van der Waals surface area contributed by atoms with Gasteiger partial charge in [0, 0.05) is 7.05 Å². The van der Waals surface area contributed by atoms with Crippen LogP contribution in [0.15, 0.2) is 0 Å². The molecule has 0 saturated heterocycles. The van der Waals surface area contributed by atoms with Crippen molar-refractivity contribution in [3.63, 3.8) is 0 Å². The van der Waals surface area contributed by atoms with Gasteiger partial charge in [0.05, 0.1) is 13.2 Å². The van der Waals surface area contributed by atoms with Crippen LogP contribution in [-0.4, -0.2) is 29.9 Å². The molecule has 0 fully saturated rings. The SMILES string of the molecule is CCC(CC)n1nc(NC)c(C(=O)OC)c1N. The lowest BCUT2D eigenvalue weighted by Gasteiger charge is -2.14. The van der Waals surface area contributed by atoms with E-state index >= 15 is 0 Å². The zero-order valence-corrected chi connectivity index (χ0v) is 10.8. The number of esters is 1. The van der Waals surface area contributed by atoms with E-state index in [1.165, 1.54) is 7.11 Å². The number of ether oxygens (including phenoxy) is 1. The first-order valence-corrected chi connectivity index (χ1v) is 5.74. The lowest BCUT2D eigenvalue weighted by molar-refractivity contribution is 0.0603. The zero-order chi connectivity index (χ0) is 13.0. The minimum absolute atomic E-state index is 0.195. The molecule has 1 rings (SSSR count). The smallest absolute Gasteiger partial charge is 0.345 e. The number of nitrogens with one attached hydrogen (secondary N) is 1. The van der Waals surface area contributed by atoms with E-state index in [1.807, 2.05) is 0 Å². The van der Waals surface area contributed by atoms with Crippen LogP contribution in [0.2, 0.25) is 0 Å². The fraction of sp³-hybridized carbons (Fsp3) is 0.636. The lowest BCUT2D eigenvalue weighted by atomic mass is 10.2. The third-order valence-corrected chi connectivity index (χ3v) is 2.86. The molecule has 6 nitrogen and oxygen atoms in total. The molecule has 1 heterocycles. The zero-order valence-electron chi connectivity index (χ0n) is 10.8. The van der Waals surface area contributed by atoms with Crippen LogP contribution in [0.25, 0.3) is 0 Å². The number of nitrogens with zero attached hydrogens (tertiary/aromatic N) is 2. The van der Waals surface area contributed by atoms with Crippen molar-refractivity contribution in [1.29, 1.82) is 0 Å². The van der Waals surface area contributed by atoms with E-state index < -0.39 is 5.97 Å². The minimum Gasteiger partial charge on any atom is -0.465 e. The molecule has 0 aliphatic carbocycles. The van der Waals surface area contributed by atoms with Crippen molar-refractivity contribution in [2.24, 2.45) is 0 Å². The summed E-state index contributed by atoms with van der Waals surface area (Å²) in [4.78, 5) is 11.6. The van der Waals surface area contributed by atoms with Crippen molar-refractivity contribution in [1.82, 2.24) is 9.78 Å². The average Bonchev–Trinajstić information content (AvgIpc) is 2.67. The standard InChI is InChI=1S/C11H20N4O2/c1-5-7(6-2)15-9(12)8(11(16)17-4)10(13-3)14-15/h7H,5-6,12H2,1-4H3,(H,13,14). The second-order valence-corrected chi connectivity index (χ2v) is 3.77. The van der Waals surface area contributed by atoms with Crippen LogP contribution in [0.3, 0.4) is 0 Å². The summed E-state index contributed by atoms with van der Waals surface area (Å²) >= 11 is 0. The third kappa shape index (κ3) is 2.35. The Labute approximate surface area is 101 Å². The average molecular weight is 240 g/mol. The minimum atomic E-state index is -0.468. The number of hydrogen-bond donors (Lipinski definition) is 2. The Hall–Kier alpha value is -1.72. The summed E-state index contributed by atoms with van der Waals surface area (Å²) in [5.74, 6) is 0.347. The van der Waals surface area contributed by atoms with Gasteiger partial charge in [0.25, 0.3) is 0 Å². The van der Waals surface area contributed by atoms with Crippen molar-refractivity contribution in [2.75, 3.05) is 25.2 Å². The van der Waals surface area contributed by atoms with Crippen molar-refractivity contribution in [3.8, 4) is 0 Å². The maximum Gasteiger partial charge on any atom is 0.345 e. The molecule has 0 aliphatic rings. The molecule has 0 unspecified atom stereocenters. The highest BCUT2D eigenvalue weighted by molar-refractivity contribution is 5.99. The summed E-state index contributed by atoms with van der Waals surface area (Å²) in [6.45, 7) is 4.12. The molecule has 17 heavy (non-hydrogen) atoms. The Morgan fingerprint density at radius 3 is 2.53 bits per heavy atom. The van der Waals surface area contributed by atoms with Gasteiger partial charge in [-0.15, -0.1) is 0 Å². The highest BCUT2D eigenvalue weighted by Gasteiger charge is 2.24. The van der Waals surface area contributed by atoms with Crippen molar-refractivity contribution >= 4 is 17.6 Å². The fourth-order valence-corrected chi connectivity index (χ4v) is 1.84. The molecular formula is C11H20N4O2. The van der Waals surface area contributed by atoms with E-state index in [4.69, 9.17) is 10.5 Å². The quantitative estimate of drug-likeness (QED) is 0.765. The first-order valence-electron chi connectivity index (χ1n) is 5.74. The van der Waals surface area contributed by atoms with Crippen LogP contribution in [-0.2, 0) is 4.74 Å². The Morgan fingerprint density at radius 1 is 1.53 bits per heavy atom. The lowest BCUT2D eigenvalue weighted by Crippen LogP contribution is -2.13. The van der Waals surface area contributed by atoms with E-state index in [1.54, 1.807) is 11.7 Å². The first kappa shape index (κ1) is 13.3. The number of anilines is 2. The number of aromatic nitrogens is 2. The number of methoxy groups -OCH3 is 1. The molecule has 3 N–H and O–H groups in total. The van der Waals surface area contributed by atoms with Gasteiger partial charge < -0.3 is 15.8 Å². The predicted octanol–water partition coefficient (Wildman–Crippen LogP) is 1.65. The predicted molar refractivity (Wildman–Crippen MR) is 67.1 cm³/mol. The molecule has 6 heteroatoms. The molecule has 0 radical (unpaired) electrons. The Balaban J connectivity index is 3.27. The van der Waals surface area contributed by atoms with Crippen LogP contribution in [0, 0.1) is 0 Å². The van der Waals surface area contributed by atoms with E-state index in [-0.39, 0.29) is 6.04 Å². The number of carbonyl (C=O) groups is 1. The maximum atomic E-state index is 11.6. The van der Waals surface area contributed by atoms with Crippen molar-refractivity contribution in [3.05, 3.63) is 5.56 Å². The van der Waals surface area contributed by atoms with Gasteiger partial charge >= 0.3 is 5.97 Å². The number of nitrogens with two attached hydrogens (primary N) is 1. The molecule has 0 bridgehead atoms. The molecule has 0 spiro atoms. The summed E-state index contributed by atoms with van der Waals surface area (Å²) in [5, 5.41) is 7.18. The Bertz CT molecular complexity index is 396. The second kappa shape index (κ2) is 5.56. The molecule has 0 saturated carbocycles. The summed E-state index contributed by atoms with van der Waals surface area (Å²) in [7, 11) is 3.03. The highest BCUT2D eigenvalue weighted by Crippen LogP contribution is 2.27. The Kier molecular flexibility index (Phi) is 4.37. The number of carbonyl (C=O) groups excluding carboxylic acids is 1. The third-order valence-electron chi connectivity index (χ3n) is 2.86. The van der Waals surface area contributed by atoms with Crippen molar-refractivity contribution in [2.45, 2.75) is 32.7 Å². The van der Waals surface area contributed by atoms with Gasteiger partial charge in [-0.1, -0.05) is 13.8 Å². The summed E-state index contributed by atoms with van der Waals surface area (Å²) in [5.41, 5.74) is 6.28. The largest absolute Gasteiger partial charge is 0.465 e. The van der Waals surface area contributed by atoms with Gasteiger partial charge in [-0.25, -0.2) is 9.48 Å². The topological polar surface area (TPSA) is 82.2 Å². The second-order valence-electron chi connectivity index (χ2n) is 3.77. The van der Waals surface area contributed by atoms with Crippen LogP contribution in [0.1, 0.15) is 43.1 Å². The maximum absolute atomic E-state index is 11.6. The molecule has 0 atom stereocenters. The van der Waals surface area contributed by atoms with Gasteiger partial charge in [0.15, 0.2) is 5.82 Å². The van der Waals surface area contributed by atoms with Crippen LogP contribution in [0.4, 0.5) is 11.6 Å². The molecule has 0 aliphatic heterocycles. The molecule has 1 aromatic heterocycles. The summed E-state index contributed by atoms with van der Waals surface area (Å²) in [6.07, 6.45) is 1.82. The molecule has 1 aromatic rings. The van der Waals surface area contributed by atoms with Crippen LogP contribution >= 0.6 is 0 Å². The van der Waals surface area contributed by atoms with E-state index in [0.29, 0.717) is 17.2 Å². The first-order chi connectivity index (χ1) is 8.10. The van der Waals surface area contributed by atoms with Gasteiger partial charge in [-0.2, -0.15) is 5.10 Å². The Morgan fingerprint density at radius 2 is 2.12 bits per heavy atom. The molecule has 0 amide bonds. The highest BCUT2D eigenvalue weighted by atomic mass is 16.5. The number of nitrogen functional groups attached to an aromatic ring is 1. The molecule has 96 valence electrons. The van der Waals surface area contributed by atoms with E-state index in [2.05, 4.69) is 24.3 Å². The summed E-state index contributed by atoms with van der Waals surface area (Å²) in [6, 6.07) is 0.195. The van der Waals surface area contributed by atoms with E-state index in [0.717, 1.165) is 12.8 Å². The van der Waals surface area contributed by atoms with Crippen molar-refractivity contribution < 1.29 is 9.53 Å². The molecule has 0 aromatic carbocycles. The number of rotatable bonds is 5. The monoisotopic (exact) mass is 240 g/mol. The summed E-state index contributed by atoms with van der Waals surface area (Å²) < 4.78 is 6.40. The van der Waals surface area contributed by atoms with E-state index in [9.17, 15) is 4.79 Å². The van der Waals surface area contributed by atoms with Crippen LogP contribution in [0.5, 0.6) is 0 Å². The number of hydrogen-bond acceptors (Lipinski definition) is 5. The van der Waals surface area contributed by atoms with Gasteiger partial charge in [0.2, 0.25) is 0 Å². The normalized spacial score (nSPS) is 10.6. The molecular weight excluding hydrogens is 220 g/mol.